The van der Waals surface area contributed by atoms with Crippen molar-refractivity contribution in [2.24, 2.45) is 0 Å². The number of carbonyl (C=O) groups excluding carboxylic acids is 1. The van der Waals surface area contributed by atoms with Crippen LogP contribution in [0.15, 0.2) is 23.4 Å². The Morgan fingerprint density at radius 3 is 3.15 bits per heavy atom. The van der Waals surface area contributed by atoms with Crippen molar-refractivity contribution in [3.8, 4) is 0 Å². The van der Waals surface area contributed by atoms with Crippen molar-refractivity contribution in [2.45, 2.75) is 25.5 Å². The van der Waals surface area contributed by atoms with Gasteiger partial charge in [0.05, 0.1) is 0 Å². The number of ketones is 1. The van der Waals surface area contributed by atoms with Crippen molar-refractivity contribution in [1.82, 2.24) is 5.32 Å². The second-order valence-corrected chi connectivity index (χ2v) is 3.35. The van der Waals surface area contributed by atoms with Crippen LogP contribution in [0, 0.1) is 0 Å². The number of dihydropyridines is 1. The Labute approximate surface area is 77.5 Å². The second-order valence-electron chi connectivity index (χ2n) is 3.35. The van der Waals surface area contributed by atoms with E-state index >= 15 is 0 Å². The first-order valence-corrected chi connectivity index (χ1v) is 4.54. The van der Waals surface area contributed by atoms with Gasteiger partial charge in [0, 0.05) is 25.3 Å². The van der Waals surface area contributed by atoms with Gasteiger partial charge in [0.1, 0.15) is 6.23 Å². The minimum atomic E-state index is -0.0651. The number of Topliss-reactive ketones (excluding diaryl/α,β-unsaturated/α-hetero) is 1. The third-order valence-electron chi connectivity index (χ3n) is 2.49. The Morgan fingerprint density at radius 2 is 2.38 bits per heavy atom. The normalized spacial score (nSPS) is 27.2. The van der Waals surface area contributed by atoms with Crippen molar-refractivity contribution in [2.75, 3.05) is 7.11 Å². The van der Waals surface area contributed by atoms with Gasteiger partial charge in [0.15, 0.2) is 5.78 Å². The largest absolute Gasteiger partial charge is 0.362 e. The van der Waals surface area contributed by atoms with Gasteiger partial charge in [-0.2, -0.15) is 0 Å². The lowest BCUT2D eigenvalue weighted by molar-refractivity contribution is -0.115. The molecule has 1 N–H and O–H groups in total. The molecule has 0 saturated heterocycles. The van der Waals surface area contributed by atoms with E-state index in [0.29, 0.717) is 6.42 Å². The van der Waals surface area contributed by atoms with Crippen LogP contribution in [0.5, 0.6) is 0 Å². The summed E-state index contributed by atoms with van der Waals surface area (Å²) >= 11 is 0. The predicted octanol–water partition coefficient (Wildman–Crippen LogP) is 1.13. The van der Waals surface area contributed by atoms with E-state index in [1.54, 1.807) is 13.3 Å². The van der Waals surface area contributed by atoms with Crippen LogP contribution in [0.1, 0.15) is 19.3 Å². The highest BCUT2D eigenvalue weighted by Crippen LogP contribution is 2.27. The number of carbonyl (C=O) groups is 1. The van der Waals surface area contributed by atoms with Crippen molar-refractivity contribution < 1.29 is 9.53 Å². The summed E-state index contributed by atoms with van der Waals surface area (Å²) in [6.07, 6.45) is 6.36. The highest BCUT2D eigenvalue weighted by atomic mass is 16.5. The Balaban J connectivity index is 2.23. The fraction of sp³-hybridized carbons (Fsp3) is 0.500. The lowest BCUT2D eigenvalue weighted by Crippen LogP contribution is -2.30. The zero-order valence-electron chi connectivity index (χ0n) is 7.67. The number of hydrogen-bond donors (Lipinski definition) is 1. The summed E-state index contributed by atoms with van der Waals surface area (Å²) in [6.45, 7) is 0. The summed E-state index contributed by atoms with van der Waals surface area (Å²) in [6, 6.07) is 0. The number of fused-ring (bicyclic) bond motifs is 1. The molecule has 0 radical (unpaired) electrons. The predicted molar refractivity (Wildman–Crippen MR) is 49.0 cm³/mol. The average molecular weight is 179 g/mol. The van der Waals surface area contributed by atoms with E-state index in [-0.39, 0.29) is 12.0 Å². The van der Waals surface area contributed by atoms with Crippen LogP contribution >= 0.6 is 0 Å². The zero-order valence-corrected chi connectivity index (χ0v) is 7.67. The van der Waals surface area contributed by atoms with E-state index < -0.39 is 0 Å². The maximum atomic E-state index is 11.4. The minimum Gasteiger partial charge on any atom is -0.362 e. The molecule has 2 rings (SSSR count). The highest BCUT2D eigenvalue weighted by molar-refractivity contribution is 6.00. The number of nitrogens with one attached hydrogen (secondary N) is 1. The fourth-order valence-electron chi connectivity index (χ4n) is 1.77. The number of rotatable bonds is 1. The van der Waals surface area contributed by atoms with Crippen LogP contribution in [-0.2, 0) is 9.53 Å². The topological polar surface area (TPSA) is 38.3 Å². The van der Waals surface area contributed by atoms with Crippen LogP contribution in [0.3, 0.4) is 0 Å². The van der Waals surface area contributed by atoms with Crippen LogP contribution in [-0.4, -0.2) is 19.1 Å². The molecule has 1 heterocycles. The van der Waals surface area contributed by atoms with E-state index in [2.05, 4.69) is 5.32 Å². The van der Waals surface area contributed by atoms with Crippen molar-refractivity contribution in [3.05, 3.63) is 23.4 Å². The van der Waals surface area contributed by atoms with E-state index in [9.17, 15) is 4.79 Å². The van der Waals surface area contributed by atoms with Crippen LogP contribution in [0.25, 0.3) is 0 Å². The van der Waals surface area contributed by atoms with Crippen LogP contribution in [0.4, 0.5) is 0 Å². The Morgan fingerprint density at radius 1 is 1.54 bits per heavy atom. The Kier molecular flexibility index (Phi) is 2.19. The van der Waals surface area contributed by atoms with E-state index in [1.807, 2.05) is 6.08 Å². The fourth-order valence-corrected chi connectivity index (χ4v) is 1.77. The van der Waals surface area contributed by atoms with Gasteiger partial charge < -0.3 is 10.1 Å². The summed E-state index contributed by atoms with van der Waals surface area (Å²) in [7, 11) is 1.65. The molecule has 1 atom stereocenters. The molecule has 0 aromatic rings. The van der Waals surface area contributed by atoms with Crippen molar-refractivity contribution in [1.29, 1.82) is 0 Å². The molecule has 3 nitrogen and oxygen atoms in total. The average Bonchev–Trinajstić information content (AvgIpc) is 2.18. The molecule has 1 unspecified atom stereocenters. The van der Waals surface area contributed by atoms with Gasteiger partial charge in [-0.25, -0.2) is 0 Å². The van der Waals surface area contributed by atoms with Gasteiger partial charge in [-0.15, -0.1) is 0 Å². The first-order valence-electron chi connectivity index (χ1n) is 4.54. The smallest absolute Gasteiger partial charge is 0.164 e. The quantitative estimate of drug-likeness (QED) is 0.655. The van der Waals surface area contributed by atoms with Gasteiger partial charge in [-0.05, 0) is 24.5 Å². The van der Waals surface area contributed by atoms with Crippen molar-refractivity contribution in [3.63, 3.8) is 0 Å². The number of ether oxygens (including phenoxy) is 1. The summed E-state index contributed by atoms with van der Waals surface area (Å²) in [5.74, 6) is 0.250. The molecule has 0 aromatic heterocycles. The number of methoxy groups -OCH3 is 1. The molecule has 0 aromatic carbocycles. The molecule has 3 heteroatoms. The SMILES string of the molecule is COC1C=C2CCCC(=O)C2=CN1. The third-order valence-corrected chi connectivity index (χ3v) is 2.49. The monoisotopic (exact) mass is 179 g/mol. The molecular weight excluding hydrogens is 166 g/mol. The van der Waals surface area contributed by atoms with Crippen LogP contribution < -0.4 is 5.32 Å². The van der Waals surface area contributed by atoms with Crippen LogP contribution in [0.2, 0.25) is 0 Å². The third kappa shape index (κ3) is 1.52. The first-order chi connectivity index (χ1) is 6.31. The molecule has 1 fully saturated rings. The lowest BCUT2D eigenvalue weighted by atomic mass is 9.87. The molecule has 0 amide bonds. The molecule has 1 aliphatic carbocycles. The first kappa shape index (κ1) is 8.51. The molecular formula is C10H13NO2. The second kappa shape index (κ2) is 3.34. The molecule has 0 bridgehead atoms. The molecule has 70 valence electrons. The van der Waals surface area contributed by atoms with Gasteiger partial charge in [-0.1, -0.05) is 0 Å². The number of allylic oxidation sites excluding steroid dienone is 2. The maximum absolute atomic E-state index is 11.4. The molecule has 1 saturated carbocycles. The van der Waals surface area contributed by atoms with E-state index in [0.717, 1.165) is 24.0 Å². The number of hydrogen-bond acceptors (Lipinski definition) is 3. The summed E-state index contributed by atoms with van der Waals surface area (Å²) in [5, 5.41) is 3.02. The zero-order chi connectivity index (χ0) is 9.26. The van der Waals surface area contributed by atoms with E-state index in [4.69, 9.17) is 4.74 Å². The molecule has 0 spiro atoms. The maximum Gasteiger partial charge on any atom is 0.164 e. The summed E-state index contributed by atoms with van der Waals surface area (Å²) in [4.78, 5) is 11.4. The van der Waals surface area contributed by atoms with E-state index in [1.165, 1.54) is 0 Å². The highest BCUT2D eigenvalue weighted by Gasteiger charge is 2.23. The van der Waals surface area contributed by atoms with Gasteiger partial charge in [0.2, 0.25) is 0 Å². The molecule has 1 aliphatic heterocycles. The standard InChI is InChI=1S/C10H13NO2/c1-13-10-5-7-3-2-4-9(12)8(7)6-11-10/h5-6,10-11H,2-4H2,1H3. The molecule has 2 aliphatic rings. The summed E-state index contributed by atoms with van der Waals surface area (Å²) < 4.78 is 5.13. The lowest BCUT2D eigenvalue weighted by Gasteiger charge is -2.24. The molecule has 13 heavy (non-hydrogen) atoms. The van der Waals surface area contributed by atoms with Gasteiger partial charge in [-0.3, -0.25) is 4.79 Å². The summed E-state index contributed by atoms with van der Waals surface area (Å²) in [5.41, 5.74) is 1.99. The van der Waals surface area contributed by atoms with Crippen molar-refractivity contribution >= 4 is 5.78 Å². The van der Waals surface area contributed by atoms with Gasteiger partial charge in [0.25, 0.3) is 0 Å². The van der Waals surface area contributed by atoms with Gasteiger partial charge >= 0.3 is 0 Å². The Bertz CT molecular complexity index is 291. The Hall–Kier alpha value is -1.09. The minimum absolute atomic E-state index is 0.0651.